The Morgan fingerprint density at radius 2 is 1.72 bits per heavy atom. The van der Waals surface area contributed by atoms with Crippen molar-refractivity contribution in [1.29, 1.82) is 0 Å². The molecular formula is C12H15Cl2FN2O. The SMILES string of the molecule is CCOC1(c2nc(Cl)c(F)c(Cl)n2)CCCCC1. The second-order valence-electron chi connectivity index (χ2n) is 4.43. The fourth-order valence-electron chi connectivity index (χ4n) is 2.43. The monoisotopic (exact) mass is 292 g/mol. The van der Waals surface area contributed by atoms with Gasteiger partial charge in [-0.3, -0.25) is 0 Å². The molecule has 3 nitrogen and oxygen atoms in total. The van der Waals surface area contributed by atoms with Crippen LogP contribution in [0.2, 0.25) is 10.3 Å². The lowest BCUT2D eigenvalue weighted by Crippen LogP contribution is -2.34. The smallest absolute Gasteiger partial charge is 0.197 e. The number of hydrogen-bond acceptors (Lipinski definition) is 3. The molecule has 0 N–H and O–H groups in total. The molecule has 1 aromatic rings. The predicted octanol–water partition coefficient (Wildman–Crippen LogP) is 4.12. The van der Waals surface area contributed by atoms with Crippen molar-refractivity contribution in [3.8, 4) is 0 Å². The average molecular weight is 293 g/mol. The maximum atomic E-state index is 13.4. The van der Waals surface area contributed by atoms with Crippen molar-refractivity contribution in [3.63, 3.8) is 0 Å². The molecule has 0 atom stereocenters. The number of nitrogens with zero attached hydrogens (tertiary/aromatic N) is 2. The molecule has 6 heteroatoms. The summed E-state index contributed by atoms with van der Waals surface area (Å²) in [5.41, 5.74) is -0.562. The van der Waals surface area contributed by atoms with Crippen molar-refractivity contribution in [1.82, 2.24) is 9.97 Å². The molecule has 0 unspecified atom stereocenters. The lowest BCUT2D eigenvalue weighted by molar-refractivity contribution is -0.0767. The van der Waals surface area contributed by atoms with Crippen molar-refractivity contribution in [2.45, 2.75) is 44.6 Å². The molecule has 0 saturated heterocycles. The highest BCUT2D eigenvalue weighted by atomic mass is 35.5. The lowest BCUT2D eigenvalue weighted by Gasteiger charge is -2.35. The van der Waals surface area contributed by atoms with Gasteiger partial charge in [0.05, 0.1) is 0 Å². The van der Waals surface area contributed by atoms with E-state index in [0.29, 0.717) is 12.4 Å². The van der Waals surface area contributed by atoms with E-state index in [1.165, 1.54) is 0 Å². The first-order chi connectivity index (χ1) is 8.59. The summed E-state index contributed by atoms with van der Waals surface area (Å²) in [5.74, 6) is -0.370. The normalized spacial score (nSPS) is 18.9. The average Bonchev–Trinajstić information content (AvgIpc) is 2.37. The molecule has 0 amide bonds. The van der Waals surface area contributed by atoms with Gasteiger partial charge < -0.3 is 4.74 Å². The standard InChI is InChI=1S/C12H15Cl2FN2O/c1-2-18-12(6-4-3-5-7-12)11-16-9(13)8(15)10(14)17-11/h2-7H2,1H3. The first kappa shape index (κ1) is 14.0. The predicted molar refractivity (Wildman–Crippen MR) is 68.4 cm³/mol. The first-order valence-corrected chi connectivity index (χ1v) is 6.87. The van der Waals surface area contributed by atoms with E-state index < -0.39 is 11.4 Å². The fourth-order valence-corrected chi connectivity index (χ4v) is 2.82. The van der Waals surface area contributed by atoms with Crippen LogP contribution >= 0.6 is 23.2 Å². The summed E-state index contributed by atoms with van der Waals surface area (Å²) in [5, 5.41) is -0.482. The molecule has 0 aliphatic heterocycles. The second kappa shape index (κ2) is 5.68. The van der Waals surface area contributed by atoms with Gasteiger partial charge in [0, 0.05) is 6.61 Å². The molecule has 1 saturated carbocycles. The van der Waals surface area contributed by atoms with E-state index in [-0.39, 0.29) is 10.3 Å². The van der Waals surface area contributed by atoms with E-state index in [2.05, 4.69) is 9.97 Å². The summed E-state index contributed by atoms with van der Waals surface area (Å²) >= 11 is 11.5. The Hall–Kier alpha value is -0.450. The Labute approximate surface area is 116 Å². The van der Waals surface area contributed by atoms with Gasteiger partial charge in [-0.15, -0.1) is 0 Å². The molecule has 0 radical (unpaired) electrons. The van der Waals surface area contributed by atoms with Crippen LogP contribution < -0.4 is 0 Å². The zero-order valence-electron chi connectivity index (χ0n) is 10.2. The molecule has 2 rings (SSSR count). The van der Waals surface area contributed by atoms with Crippen LogP contribution in [-0.2, 0) is 10.3 Å². The molecule has 0 bridgehead atoms. The van der Waals surface area contributed by atoms with Crippen molar-refractivity contribution >= 4 is 23.2 Å². The van der Waals surface area contributed by atoms with E-state index in [9.17, 15) is 4.39 Å². The van der Waals surface area contributed by atoms with Crippen molar-refractivity contribution in [2.24, 2.45) is 0 Å². The van der Waals surface area contributed by atoms with Gasteiger partial charge in [-0.05, 0) is 19.8 Å². The Kier molecular flexibility index (Phi) is 4.41. The van der Waals surface area contributed by atoms with Gasteiger partial charge in [0.25, 0.3) is 0 Å². The molecule has 1 aliphatic carbocycles. The maximum absolute atomic E-state index is 13.4. The van der Waals surface area contributed by atoms with Gasteiger partial charge in [0.1, 0.15) is 5.60 Å². The third-order valence-electron chi connectivity index (χ3n) is 3.26. The minimum atomic E-state index is -0.774. The molecule has 1 aliphatic rings. The summed E-state index contributed by atoms with van der Waals surface area (Å²) in [7, 11) is 0. The molecule has 0 aromatic carbocycles. The Morgan fingerprint density at radius 1 is 1.17 bits per heavy atom. The number of hydrogen-bond donors (Lipinski definition) is 0. The summed E-state index contributed by atoms with van der Waals surface area (Å²) in [6.07, 6.45) is 4.88. The highest BCUT2D eigenvalue weighted by Crippen LogP contribution is 2.39. The Morgan fingerprint density at radius 3 is 2.22 bits per heavy atom. The number of halogens is 3. The minimum Gasteiger partial charge on any atom is -0.367 e. The number of rotatable bonds is 3. The minimum absolute atomic E-state index is 0.241. The fraction of sp³-hybridized carbons (Fsp3) is 0.667. The van der Waals surface area contributed by atoms with Gasteiger partial charge >= 0.3 is 0 Å². The molecular weight excluding hydrogens is 278 g/mol. The van der Waals surface area contributed by atoms with Crippen LogP contribution in [0.3, 0.4) is 0 Å². The first-order valence-electron chi connectivity index (χ1n) is 6.12. The van der Waals surface area contributed by atoms with Crippen LogP contribution in [0.25, 0.3) is 0 Å². The Bertz CT molecular complexity index is 408. The van der Waals surface area contributed by atoms with Crippen LogP contribution in [-0.4, -0.2) is 16.6 Å². The molecule has 100 valence electrons. The third kappa shape index (κ3) is 2.60. The summed E-state index contributed by atoms with van der Waals surface area (Å²) in [6.45, 7) is 2.47. The van der Waals surface area contributed by atoms with Gasteiger partial charge in [-0.25, -0.2) is 14.4 Å². The molecule has 18 heavy (non-hydrogen) atoms. The number of ether oxygens (including phenoxy) is 1. The maximum Gasteiger partial charge on any atom is 0.197 e. The molecule has 0 spiro atoms. The zero-order chi connectivity index (χ0) is 13.2. The van der Waals surface area contributed by atoms with E-state index in [1.807, 2.05) is 6.92 Å². The van der Waals surface area contributed by atoms with Crippen LogP contribution in [0.4, 0.5) is 4.39 Å². The largest absolute Gasteiger partial charge is 0.367 e. The van der Waals surface area contributed by atoms with E-state index in [4.69, 9.17) is 27.9 Å². The van der Waals surface area contributed by atoms with E-state index >= 15 is 0 Å². The highest BCUT2D eigenvalue weighted by molar-refractivity contribution is 6.33. The van der Waals surface area contributed by atoms with Gasteiger partial charge in [0.2, 0.25) is 0 Å². The van der Waals surface area contributed by atoms with Crippen LogP contribution in [0.15, 0.2) is 0 Å². The van der Waals surface area contributed by atoms with Gasteiger partial charge in [-0.1, -0.05) is 42.5 Å². The van der Waals surface area contributed by atoms with E-state index in [0.717, 1.165) is 32.1 Å². The third-order valence-corrected chi connectivity index (χ3v) is 3.76. The van der Waals surface area contributed by atoms with Crippen LogP contribution in [0, 0.1) is 5.82 Å². The molecule has 1 fully saturated rings. The van der Waals surface area contributed by atoms with Crippen LogP contribution in [0.5, 0.6) is 0 Å². The van der Waals surface area contributed by atoms with Gasteiger partial charge in [0.15, 0.2) is 21.9 Å². The Balaban J connectivity index is 2.42. The lowest BCUT2D eigenvalue weighted by atomic mass is 9.84. The van der Waals surface area contributed by atoms with E-state index in [1.54, 1.807) is 0 Å². The number of aromatic nitrogens is 2. The second-order valence-corrected chi connectivity index (χ2v) is 5.15. The molecule has 1 aromatic heterocycles. The quantitative estimate of drug-likeness (QED) is 0.786. The zero-order valence-corrected chi connectivity index (χ0v) is 11.7. The van der Waals surface area contributed by atoms with Crippen molar-refractivity contribution < 1.29 is 9.13 Å². The van der Waals surface area contributed by atoms with Crippen molar-refractivity contribution in [2.75, 3.05) is 6.61 Å². The summed E-state index contributed by atoms with van der Waals surface area (Å²) in [6, 6.07) is 0. The molecule has 1 heterocycles. The highest BCUT2D eigenvalue weighted by Gasteiger charge is 2.38. The van der Waals surface area contributed by atoms with Crippen molar-refractivity contribution in [3.05, 3.63) is 21.9 Å². The summed E-state index contributed by atoms with van der Waals surface area (Å²) < 4.78 is 19.2. The topological polar surface area (TPSA) is 35.0 Å². The summed E-state index contributed by atoms with van der Waals surface area (Å²) in [4.78, 5) is 8.04. The van der Waals surface area contributed by atoms with Gasteiger partial charge in [-0.2, -0.15) is 0 Å². The van der Waals surface area contributed by atoms with Crippen LogP contribution in [0.1, 0.15) is 44.9 Å².